The fourth-order valence-electron chi connectivity index (χ4n) is 3.48. The van der Waals surface area contributed by atoms with Crippen molar-refractivity contribution in [1.82, 2.24) is 15.3 Å². The van der Waals surface area contributed by atoms with Crippen LogP contribution in [-0.4, -0.2) is 40.6 Å². The number of nitrogens with one attached hydrogen (secondary N) is 2. The number of carbonyl (C=O) groups excluding carboxylic acids is 1. The Kier molecular flexibility index (Phi) is 6.72. The van der Waals surface area contributed by atoms with Gasteiger partial charge in [-0.15, -0.1) is 0 Å². The van der Waals surface area contributed by atoms with Gasteiger partial charge in [-0.3, -0.25) is 4.79 Å². The molecule has 0 unspecified atom stereocenters. The van der Waals surface area contributed by atoms with Crippen molar-refractivity contribution < 1.29 is 9.90 Å². The zero-order valence-electron chi connectivity index (χ0n) is 15.5. The van der Waals surface area contributed by atoms with Crippen LogP contribution in [0.25, 0.3) is 0 Å². The molecule has 0 aliphatic heterocycles. The van der Waals surface area contributed by atoms with Crippen molar-refractivity contribution in [1.29, 1.82) is 0 Å². The fourth-order valence-corrected chi connectivity index (χ4v) is 3.79. The first kappa shape index (κ1) is 20.8. The topological polar surface area (TPSA) is 113 Å². The molecule has 0 saturated heterocycles. The number of amides is 1. The Morgan fingerprint density at radius 3 is 2.82 bits per heavy atom. The molecule has 0 saturated carbocycles. The van der Waals surface area contributed by atoms with Gasteiger partial charge in [0.25, 0.3) is 0 Å². The number of fused-ring (bicyclic) bond motifs is 1. The van der Waals surface area contributed by atoms with Crippen LogP contribution in [0.4, 0.5) is 5.82 Å². The van der Waals surface area contributed by atoms with Gasteiger partial charge in [-0.2, -0.15) is 0 Å². The Hall–Kier alpha value is -1.93. The van der Waals surface area contributed by atoms with Crippen LogP contribution in [0.15, 0.2) is 24.5 Å². The Morgan fingerprint density at radius 2 is 2.11 bits per heavy atom. The molecule has 7 nitrogen and oxygen atoms in total. The maximum atomic E-state index is 12.5. The molecule has 1 aliphatic carbocycles. The van der Waals surface area contributed by atoms with E-state index in [0.717, 1.165) is 11.1 Å². The third kappa shape index (κ3) is 4.38. The van der Waals surface area contributed by atoms with Crippen LogP contribution >= 0.6 is 23.2 Å². The first-order valence-electron chi connectivity index (χ1n) is 9.11. The van der Waals surface area contributed by atoms with Crippen molar-refractivity contribution >= 4 is 34.9 Å². The molecule has 0 bridgehead atoms. The first-order chi connectivity index (χ1) is 13.4. The standard InChI is InChI=1S/C19H23Cl2N5O2/c1-10-6-15(27)17-16(10)18(26-9-25-17)23-4-5-24-19(28)12(8-22)11-2-3-13(20)14(21)7-11/h2-3,7,9-10,12,15,27H,4-6,8,22H2,1H3,(H,24,28)(H,23,25,26)/t10-,12-,15-/m1/s1. The number of hydrogen-bond donors (Lipinski definition) is 4. The molecule has 1 aromatic carbocycles. The van der Waals surface area contributed by atoms with E-state index in [-0.39, 0.29) is 18.4 Å². The summed E-state index contributed by atoms with van der Waals surface area (Å²) in [6.45, 7) is 3.07. The van der Waals surface area contributed by atoms with Crippen molar-refractivity contribution in [2.75, 3.05) is 25.0 Å². The monoisotopic (exact) mass is 423 g/mol. The molecular weight excluding hydrogens is 401 g/mol. The van der Waals surface area contributed by atoms with E-state index < -0.39 is 12.0 Å². The molecule has 1 aliphatic rings. The average molecular weight is 424 g/mol. The van der Waals surface area contributed by atoms with Crippen LogP contribution in [0.2, 0.25) is 10.0 Å². The minimum Gasteiger partial charge on any atom is -0.387 e. The fraction of sp³-hybridized carbons (Fsp3) is 0.421. The number of rotatable bonds is 7. The lowest BCUT2D eigenvalue weighted by molar-refractivity contribution is -0.122. The number of anilines is 1. The SMILES string of the molecule is C[C@@H]1C[C@@H](O)c2ncnc(NCCNC(=O)[C@H](CN)c3ccc(Cl)c(Cl)c3)c21. The van der Waals surface area contributed by atoms with Gasteiger partial charge in [-0.05, 0) is 30.0 Å². The number of aliphatic hydroxyl groups is 1. The van der Waals surface area contributed by atoms with E-state index in [0.29, 0.717) is 41.1 Å². The van der Waals surface area contributed by atoms with E-state index in [1.165, 1.54) is 6.33 Å². The van der Waals surface area contributed by atoms with Crippen molar-refractivity contribution in [3.8, 4) is 0 Å². The van der Waals surface area contributed by atoms with Crippen molar-refractivity contribution in [3.05, 3.63) is 51.4 Å². The van der Waals surface area contributed by atoms with Gasteiger partial charge in [0.05, 0.1) is 27.8 Å². The summed E-state index contributed by atoms with van der Waals surface area (Å²) in [5.41, 5.74) is 8.13. The zero-order valence-corrected chi connectivity index (χ0v) is 17.0. The minimum atomic E-state index is -0.551. The summed E-state index contributed by atoms with van der Waals surface area (Å²) in [7, 11) is 0. The second kappa shape index (κ2) is 9.05. The van der Waals surface area contributed by atoms with E-state index in [2.05, 4.69) is 20.6 Å². The van der Waals surface area contributed by atoms with Gasteiger partial charge in [0.15, 0.2) is 0 Å². The molecule has 9 heteroatoms. The molecule has 5 N–H and O–H groups in total. The third-order valence-corrected chi connectivity index (χ3v) is 5.65. The number of hydrogen-bond acceptors (Lipinski definition) is 6. The van der Waals surface area contributed by atoms with Gasteiger partial charge in [0.2, 0.25) is 5.91 Å². The summed E-state index contributed by atoms with van der Waals surface area (Å²) in [5.74, 6) is 0.190. The number of halogens is 2. The molecule has 1 aromatic heterocycles. The van der Waals surface area contributed by atoms with Crippen LogP contribution in [0.1, 0.15) is 48.1 Å². The summed E-state index contributed by atoms with van der Waals surface area (Å²) in [5, 5.41) is 17.0. The molecule has 3 rings (SSSR count). The lowest BCUT2D eigenvalue weighted by atomic mass is 9.98. The molecule has 1 heterocycles. The van der Waals surface area contributed by atoms with E-state index in [9.17, 15) is 9.90 Å². The Bertz CT molecular complexity index is 864. The predicted octanol–water partition coefficient (Wildman–Crippen LogP) is 2.59. The van der Waals surface area contributed by atoms with Gasteiger partial charge >= 0.3 is 0 Å². The van der Waals surface area contributed by atoms with Crippen molar-refractivity contribution in [2.24, 2.45) is 5.73 Å². The van der Waals surface area contributed by atoms with E-state index in [1.807, 2.05) is 6.92 Å². The van der Waals surface area contributed by atoms with E-state index in [4.69, 9.17) is 28.9 Å². The Labute approximate surface area is 173 Å². The van der Waals surface area contributed by atoms with Crippen LogP contribution in [-0.2, 0) is 4.79 Å². The molecule has 0 radical (unpaired) electrons. The molecule has 2 aromatic rings. The molecule has 28 heavy (non-hydrogen) atoms. The Morgan fingerprint density at radius 1 is 1.32 bits per heavy atom. The number of benzene rings is 1. The third-order valence-electron chi connectivity index (χ3n) is 4.91. The van der Waals surface area contributed by atoms with Crippen LogP contribution < -0.4 is 16.4 Å². The maximum Gasteiger partial charge on any atom is 0.228 e. The smallest absolute Gasteiger partial charge is 0.228 e. The number of aliphatic hydroxyl groups excluding tert-OH is 1. The van der Waals surface area contributed by atoms with E-state index in [1.54, 1.807) is 18.2 Å². The molecule has 1 amide bonds. The van der Waals surface area contributed by atoms with Crippen LogP contribution in [0, 0.1) is 0 Å². The normalized spacial score (nSPS) is 19.2. The summed E-state index contributed by atoms with van der Waals surface area (Å²) < 4.78 is 0. The first-order valence-corrected chi connectivity index (χ1v) is 9.87. The number of aromatic nitrogens is 2. The average Bonchev–Trinajstić information content (AvgIpc) is 2.97. The minimum absolute atomic E-state index is 0.159. The number of carbonyl (C=O) groups is 1. The van der Waals surface area contributed by atoms with Crippen molar-refractivity contribution in [3.63, 3.8) is 0 Å². The highest BCUT2D eigenvalue weighted by Crippen LogP contribution is 2.41. The molecular formula is C19H23Cl2N5O2. The number of nitrogens with two attached hydrogens (primary N) is 1. The quantitative estimate of drug-likeness (QED) is 0.509. The summed E-state index contributed by atoms with van der Waals surface area (Å²) >= 11 is 12.0. The highest BCUT2D eigenvalue weighted by Gasteiger charge is 2.31. The summed E-state index contributed by atoms with van der Waals surface area (Å²) in [4.78, 5) is 21.0. The zero-order chi connectivity index (χ0) is 20.3. The lowest BCUT2D eigenvalue weighted by Crippen LogP contribution is -2.36. The lowest BCUT2D eigenvalue weighted by Gasteiger charge is -2.17. The van der Waals surface area contributed by atoms with Gasteiger partial charge in [-0.1, -0.05) is 36.2 Å². The molecule has 3 atom stereocenters. The van der Waals surface area contributed by atoms with Gasteiger partial charge in [0.1, 0.15) is 12.1 Å². The van der Waals surface area contributed by atoms with Gasteiger partial charge < -0.3 is 21.5 Å². The largest absolute Gasteiger partial charge is 0.387 e. The van der Waals surface area contributed by atoms with E-state index >= 15 is 0 Å². The molecule has 150 valence electrons. The molecule has 0 spiro atoms. The van der Waals surface area contributed by atoms with Gasteiger partial charge in [-0.25, -0.2) is 9.97 Å². The van der Waals surface area contributed by atoms with Crippen molar-refractivity contribution in [2.45, 2.75) is 31.3 Å². The van der Waals surface area contributed by atoms with Crippen LogP contribution in [0.5, 0.6) is 0 Å². The second-order valence-electron chi connectivity index (χ2n) is 6.85. The highest BCUT2D eigenvalue weighted by molar-refractivity contribution is 6.42. The maximum absolute atomic E-state index is 12.5. The highest BCUT2D eigenvalue weighted by atomic mass is 35.5. The predicted molar refractivity (Wildman–Crippen MR) is 110 cm³/mol. The van der Waals surface area contributed by atoms with Crippen LogP contribution in [0.3, 0.4) is 0 Å². The number of nitrogens with zero attached hydrogens (tertiary/aromatic N) is 2. The van der Waals surface area contributed by atoms with Gasteiger partial charge in [0, 0.05) is 25.2 Å². The second-order valence-corrected chi connectivity index (χ2v) is 7.67. The molecule has 0 fully saturated rings. The summed E-state index contributed by atoms with van der Waals surface area (Å²) in [6.07, 6.45) is 1.53. The Balaban J connectivity index is 1.56. The summed E-state index contributed by atoms with van der Waals surface area (Å²) in [6, 6.07) is 5.07.